The molecule has 4 aliphatic carbocycles. The van der Waals surface area contributed by atoms with Crippen LogP contribution < -0.4 is 10.6 Å². The zero-order valence-corrected chi connectivity index (χ0v) is 15.3. The van der Waals surface area contributed by atoms with E-state index in [0.29, 0.717) is 6.54 Å². The summed E-state index contributed by atoms with van der Waals surface area (Å²) in [5.74, 6) is 1.45. The van der Waals surface area contributed by atoms with Crippen LogP contribution in [-0.4, -0.2) is 48.4 Å². The lowest BCUT2D eigenvalue weighted by Crippen LogP contribution is -2.61. The molecule has 0 heterocycles. The molecule has 2 N–H and O–H groups in total. The first-order valence-electron chi connectivity index (χ1n) is 9.86. The Morgan fingerprint density at radius 3 is 2.00 bits per heavy atom. The van der Waals surface area contributed by atoms with Crippen LogP contribution in [0.25, 0.3) is 0 Å². The van der Waals surface area contributed by atoms with Crippen LogP contribution >= 0.6 is 0 Å². The van der Waals surface area contributed by atoms with Crippen molar-refractivity contribution in [2.75, 3.05) is 26.2 Å². The van der Waals surface area contributed by atoms with Crippen molar-refractivity contribution in [1.82, 2.24) is 15.5 Å². The summed E-state index contributed by atoms with van der Waals surface area (Å²) in [6.45, 7) is 7.86. The highest BCUT2D eigenvalue weighted by Crippen LogP contribution is 2.55. The fourth-order valence-corrected chi connectivity index (χ4v) is 5.69. The van der Waals surface area contributed by atoms with E-state index in [9.17, 15) is 9.59 Å². The molecule has 0 aromatic heterocycles. The second kappa shape index (κ2) is 7.42. The van der Waals surface area contributed by atoms with Crippen molar-refractivity contribution in [3.05, 3.63) is 0 Å². The van der Waals surface area contributed by atoms with E-state index in [2.05, 4.69) is 29.4 Å². The number of hydrogen-bond donors (Lipinski definition) is 2. The number of nitrogens with zero attached hydrogens (tertiary/aromatic N) is 1. The minimum atomic E-state index is -0.453. The molecule has 0 spiro atoms. The van der Waals surface area contributed by atoms with Crippen LogP contribution in [0, 0.1) is 17.8 Å². The Labute approximate surface area is 145 Å². The molecule has 0 aromatic rings. The SMILES string of the molecule is CCN(CC)CCCNC(=O)C(=O)NC12CC3CC(CC(C3)C1)C2. The monoisotopic (exact) mass is 335 g/mol. The van der Waals surface area contributed by atoms with Crippen molar-refractivity contribution in [3.8, 4) is 0 Å². The van der Waals surface area contributed by atoms with Crippen molar-refractivity contribution in [1.29, 1.82) is 0 Å². The Morgan fingerprint density at radius 2 is 1.50 bits per heavy atom. The van der Waals surface area contributed by atoms with Crippen LogP contribution in [0.15, 0.2) is 0 Å². The maximum Gasteiger partial charge on any atom is 0.309 e. The Bertz CT molecular complexity index is 438. The number of nitrogens with one attached hydrogen (secondary N) is 2. The van der Waals surface area contributed by atoms with Crippen LogP contribution in [0.5, 0.6) is 0 Å². The van der Waals surface area contributed by atoms with E-state index in [1.807, 2.05) is 0 Å². The van der Waals surface area contributed by atoms with E-state index < -0.39 is 11.8 Å². The Kier molecular flexibility index (Phi) is 5.48. The third-order valence-corrected chi connectivity index (χ3v) is 6.45. The molecule has 4 bridgehead atoms. The standard InChI is InChI=1S/C19H33N3O2/c1-3-22(4-2)7-5-6-20-17(23)18(24)21-19-11-14-8-15(12-19)10-16(9-14)13-19/h14-16H,3-13H2,1-2H3,(H,20,23)(H,21,24). The van der Waals surface area contributed by atoms with Gasteiger partial charge in [-0.1, -0.05) is 13.8 Å². The molecule has 4 saturated carbocycles. The van der Waals surface area contributed by atoms with Gasteiger partial charge in [0, 0.05) is 12.1 Å². The smallest absolute Gasteiger partial charge is 0.309 e. The van der Waals surface area contributed by atoms with Gasteiger partial charge < -0.3 is 15.5 Å². The number of amides is 2. The number of rotatable bonds is 7. The molecule has 4 fully saturated rings. The second-order valence-electron chi connectivity index (χ2n) is 8.29. The van der Waals surface area contributed by atoms with Gasteiger partial charge in [0.1, 0.15) is 0 Å². The zero-order chi connectivity index (χ0) is 17.2. The highest BCUT2D eigenvalue weighted by atomic mass is 16.2. The lowest BCUT2D eigenvalue weighted by Gasteiger charge is -2.56. The predicted octanol–water partition coefficient (Wildman–Crippen LogP) is 1.92. The van der Waals surface area contributed by atoms with Crippen molar-refractivity contribution >= 4 is 11.8 Å². The summed E-state index contributed by atoms with van der Waals surface area (Å²) >= 11 is 0. The number of hydrogen-bond acceptors (Lipinski definition) is 3. The van der Waals surface area contributed by atoms with E-state index in [-0.39, 0.29) is 5.54 Å². The average molecular weight is 335 g/mol. The second-order valence-corrected chi connectivity index (χ2v) is 8.29. The first kappa shape index (κ1) is 17.7. The minimum absolute atomic E-state index is 0.0790. The van der Waals surface area contributed by atoms with E-state index >= 15 is 0 Å². The Hall–Kier alpha value is -1.10. The van der Waals surface area contributed by atoms with Crippen molar-refractivity contribution in [2.24, 2.45) is 17.8 Å². The minimum Gasteiger partial charge on any atom is -0.348 e. The highest BCUT2D eigenvalue weighted by molar-refractivity contribution is 6.35. The Balaban J connectivity index is 1.42. The molecule has 4 aliphatic rings. The van der Waals surface area contributed by atoms with Gasteiger partial charge in [-0.25, -0.2) is 0 Å². The summed E-state index contributed by atoms with van der Waals surface area (Å²) in [5.41, 5.74) is -0.0790. The predicted molar refractivity (Wildman–Crippen MR) is 94.5 cm³/mol. The lowest BCUT2D eigenvalue weighted by atomic mass is 9.53. The maximum atomic E-state index is 12.3. The largest absolute Gasteiger partial charge is 0.348 e. The van der Waals surface area contributed by atoms with E-state index in [1.165, 1.54) is 19.3 Å². The fourth-order valence-electron chi connectivity index (χ4n) is 5.69. The van der Waals surface area contributed by atoms with Gasteiger partial charge in [0.25, 0.3) is 0 Å². The molecule has 2 amide bonds. The summed E-state index contributed by atoms with van der Waals surface area (Å²) in [5, 5.41) is 5.93. The maximum absolute atomic E-state index is 12.3. The van der Waals surface area contributed by atoms with Crippen molar-refractivity contribution < 1.29 is 9.59 Å². The average Bonchev–Trinajstić information content (AvgIpc) is 2.53. The van der Waals surface area contributed by atoms with Gasteiger partial charge in [-0.05, 0) is 82.3 Å². The molecule has 136 valence electrons. The molecule has 0 aromatic carbocycles. The van der Waals surface area contributed by atoms with Gasteiger partial charge in [-0.2, -0.15) is 0 Å². The molecule has 5 nitrogen and oxygen atoms in total. The van der Waals surface area contributed by atoms with Gasteiger partial charge >= 0.3 is 11.8 Å². The first-order chi connectivity index (χ1) is 11.5. The summed E-state index contributed by atoms with van der Waals surface area (Å²) in [6.07, 6.45) is 8.16. The van der Waals surface area contributed by atoms with Gasteiger partial charge in [-0.3, -0.25) is 9.59 Å². The zero-order valence-electron chi connectivity index (χ0n) is 15.3. The molecular weight excluding hydrogens is 302 g/mol. The molecule has 24 heavy (non-hydrogen) atoms. The van der Waals surface area contributed by atoms with Gasteiger partial charge in [0.2, 0.25) is 0 Å². The third kappa shape index (κ3) is 3.93. The quantitative estimate of drug-likeness (QED) is 0.552. The van der Waals surface area contributed by atoms with Gasteiger partial charge in [0.15, 0.2) is 0 Å². The summed E-state index contributed by atoms with van der Waals surface area (Å²) in [4.78, 5) is 26.8. The van der Waals surface area contributed by atoms with E-state index in [0.717, 1.165) is 63.1 Å². The van der Waals surface area contributed by atoms with Crippen LogP contribution in [0.1, 0.15) is 58.8 Å². The summed E-state index contributed by atoms with van der Waals surface area (Å²) < 4.78 is 0. The molecule has 0 radical (unpaired) electrons. The molecule has 0 atom stereocenters. The normalized spacial score (nSPS) is 33.7. The molecular formula is C19H33N3O2. The summed E-state index contributed by atoms with van der Waals surface area (Å²) in [7, 11) is 0. The molecule has 0 saturated heterocycles. The van der Waals surface area contributed by atoms with Crippen molar-refractivity contribution in [3.63, 3.8) is 0 Å². The van der Waals surface area contributed by atoms with Crippen molar-refractivity contribution in [2.45, 2.75) is 64.3 Å². The Morgan fingerprint density at radius 1 is 0.958 bits per heavy atom. The molecule has 4 rings (SSSR count). The number of carbonyl (C=O) groups excluding carboxylic acids is 2. The van der Waals surface area contributed by atoms with Crippen LogP contribution in [0.3, 0.4) is 0 Å². The molecule has 5 heteroatoms. The first-order valence-corrected chi connectivity index (χ1v) is 9.86. The van der Waals surface area contributed by atoms with Gasteiger partial charge in [-0.15, -0.1) is 0 Å². The lowest BCUT2D eigenvalue weighted by molar-refractivity contribution is -0.142. The third-order valence-electron chi connectivity index (χ3n) is 6.45. The molecule has 0 aliphatic heterocycles. The van der Waals surface area contributed by atoms with Gasteiger partial charge in [0.05, 0.1) is 0 Å². The fraction of sp³-hybridized carbons (Fsp3) is 0.895. The van der Waals surface area contributed by atoms with Crippen LogP contribution in [0.4, 0.5) is 0 Å². The number of carbonyl (C=O) groups is 2. The highest BCUT2D eigenvalue weighted by Gasteiger charge is 2.51. The van der Waals surface area contributed by atoms with Crippen LogP contribution in [0.2, 0.25) is 0 Å². The van der Waals surface area contributed by atoms with Crippen LogP contribution in [-0.2, 0) is 9.59 Å². The topological polar surface area (TPSA) is 61.4 Å². The summed E-state index contributed by atoms with van der Waals surface area (Å²) in [6, 6.07) is 0. The van der Waals surface area contributed by atoms with E-state index in [4.69, 9.17) is 0 Å². The van der Waals surface area contributed by atoms with E-state index in [1.54, 1.807) is 0 Å². The molecule has 0 unspecified atom stereocenters.